The first kappa shape index (κ1) is 13.6. The molecule has 0 bridgehead atoms. The second kappa shape index (κ2) is 6.95. The van der Waals surface area contributed by atoms with Gasteiger partial charge in [0.1, 0.15) is 0 Å². The number of hydrogen-bond acceptors (Lipinski definition) is 2. The first-order valence-corrected chi connectivity index (χ1v) is 6.09. The van der Waals surface area contributed by atoms with Crippen molar-refractivity contribution >= 4 is 11.8 Å². The molecule has 1 aliphatic heterocycles. The Morgan fingerprint density at radius 1 is 1.35 bits per heavy atom. The van der Waals surface area contributed by atoms with Crippen LogP contribution in [-0.2, 0) is 9.59 Å². The molecule has 1 rings (SSSR count). The van der Waals surface area contributed by atoms with Crippen molar-refractivity contribution in [2.75, 3.05) is 19.6 Å². The molecule has 0 radical (unpaired) electrons. The van der Waals surface area contributed by atoms with Crippen LogP contribution in [0, 0.1) is 17.8 Å². The highest BCUT2D eigenvalue weighted by Gasteiger charge is 2.20. The van der Waals surface area contributed by atoms with E-state index in [1.165, 1.54) is 0 Å². The third-order valence-electron chi connectivity index (χ3n) is 3.14. The highest BCUT2D eigenvalue weighted by atomic mass is 16.2. The molecule has 2 amide bonds. The molecule has 4 nitrogen and oxygen atoms in total. The minimum atomic E-state index is -0.200. The number of carbonyl (C=O) groups is 2. The maximum atomic E-state index is 11.1. The minimum absolute atomic E-state index is 0.162. The number of amides is 2. The van der Waals surface area contributed by atoms with Gasteiger partial charge >= 0.3 is 0 Å². The van der Waals surface area contributed by atoms with Crippen LogP contribution in [0.2, 0.25) is 0 Å². The Morgan fingerprint density at radius 2 is 2.00 bits per heavy atom. The molecule has 0 aromatic heterocycles. The van der Waals surface area contributed by atoms with Gasteiger partial charge in [-0.1, -0.05) is 5.92 Å². The Labute approximate surface area is 103 Å². The number of hydrogen-bond donors (Lipinski definition) is 1. The average molecular weight is 236 g/mol. The second-order valence-corrected chi connectivity index (χ2v) is 4.37. The number of rotatable bonds is 3. The summed E-state index contributed by atoms with van der Waals surface area (Å²) in [6, 6.07) is 0. The van der Waals surface area contributed by atoms with E-state index in [1.807, 2.05) is 4.90 Å². The summed E-state index contributed by atoms with van der Waals surface area (Å²) in [7, 11) is 0. The van der Waals surface area contributed by atoms with Gasteiger partial charge in [-0.15, -0.1) is 0 Å². The van der Waals surface area contributed by atoms with Crippen LogP contribution in [-0.4, -0.2) is 36.3 Å². The van der Waals surface area contributed by atoms with Gasteiger partial charge < -0.3 is 10.2 Å². The summed E-state index contributed by atoms with van der Waals surface area (Å²) in [5.74, 6) is 5.59. The molecule has 1 N–H and O–H groups in total. The zero-order valence-corrected chi connectivity index (χ0v) is 10.6. The first-order chi connectivity index (χ1) is 8.13. The Kier molecular flexibility index (Phi) is 5.55. The van der Waals surface area contributed by atoms with Gasteiger partial charge in [-0.05, 0) is 38.0 Å². The molecule has 0 aromatic rings. The highest BCUT2D eigenvalue weighted by Crippen LogP contribution is 2.19. The maximum absolute atomic E-state index is 11.1. The van der Waals surface area contributed by atoms with Crippen molar-refractivity contribution in [3.05, 3.63) is 0 Å². The van der Waals surface area contributed by atoms with Gasteiger partial charge in [-0.25, -0.2) is 0 Å². The summed E-state index contributed by atoms with van der Waals surface area (Å²) < 4.78 is 0. The van der Waals surface area contributed by atoms with Gasteiger partial charge in [0.15, 0.2) is 0 Å². The Balaban J connectivity index is 2.16. The Bertz CT molecular complexity index is 333. The Morgan fingerprint density at radius 3 is 2.53 bits per heavy atom. The van der Waals surface area contributed by atoms with Gasteiger partial charge in [0.25, 0.3) is 5.91 Å². The molecule has 0 spiro atoms. The number of piperidine rings is 1. The van der Waals surface area contributed by atoms with Crippen LogP contribution in [0.15, 0.2) is 0 Å². The molecule has 17 heavy (non-hydrogen) atoms. The molecule has 0 saturated carbocycles. The lowest BCUT2D eigenvalue weighted by Gasteiger charge is -2.31. The summed E-state index contributed by atoms with van der Waals surface area (Å²) in [5.41, 5.74) is 0. The monoisotopic (exact) mass is 236 g/mol. The lowest BCUT2D eigenvalue weighted by Crippen LogP contribution is -2.37. The predicted octanol–water partition coefficient (Wildman–Crippen LogP) is 0.774. The molecule has 4 heteroatoms. The molecule has 1 fully saturated rings. The van der Waals surface area contributed by atoms with Crippen LogP contribution in [0.25, 0.3) is 0 Å². The van der Waals surface area contributed by atoms with Crippen molar-refractivity contribution < 1.29 is 9.59 Å². The van der Waals surface area contributed by atoms with Crippen LogP contribution in [0.1, 0.15) is 33.1 Å². The third kappa shape index (κ3) is 4.90. The predicted molar refractivity (Wildman–Crippen MR) is 66.1 cm³/mol. The van der Waals surface area contributed by atoms with E-state index in [0.717, 1.165) is 32.4 Å². The summed E-state index contributed by atoms with van der Waals surface area (Å²) in [5, 5.41) is 2.77. The zero-order valence-electron chi connectivity index (χ0n) is 10.6. The van der Waals surface area contributed by atoms with Gasteiger partial charge in [0, 0.05) is 26.6 Å². The smallest absolute Gasteiger partial charge is 0.295 e. The van der Waals surface area contributed by atoms with Crippen LogP contribution < -0.4 is 5.32 Å². The van der Waals surface area contributed by atoms with E-state index in [0.29, 0.717) is 12.5 Å². The van der Waals surface area contributed by atoms with Gasteiger partial charge in [0.2, 0.25) is 5.91 Å². The fourth-order valence-corrected chi connectivity index (χ4v) is 2.08. The maximum Gasteiger partial charge on any atom is 0.295 e. The van der Waals surface area contributed by atoms with Crippen molar-refractivity contribution in [1.29, 1.82) is 0 Å². The minimum Gasteiger partial charge on any atom is -0.345 e. The SMILES string of the molecule is CC#CC(=O)NCCC1CCN(C(C)=O)CC1. The number of nitrogens with one attached hydrogen (secondary N) is 1. The number of nitrogens with zero attached hydrogens (tertiary/aromatic N) is 1. The normalized spacial score (nSPS) is 16.0. The van der Waals surface area contributed by atoms with E-state index in [1.54, 1.807) is 13.8 Å². The summed E-state index contributed by atoms with van der Waals surface area (Å²) in [6.45, 7) is 5.64. The van der Waals surface area contributed by atoms with Gasteiger partial charge in [-0.3, -0.25) is 9.59 Å². The fraction of sp³-hybridized carbons (Fsp3) is 0.692. The largest absolute Gasteiger partial charge is 0.345 e. The Hall–Kier alpha value is -1.50. The van der Waals surface area contributed by atoms with Crippen LogP contribution >= 0.6 is 0 Å². The summed E-state index contributed by atoms with van der Waals surface area (Å²) >= 11 is 0. The molecular formula is C13H20N2O2. The van der Waals surface area contributed by atoms with Crippen LogP contribution in [0.3, 0.4) is 0 Å². The zero-order chi connectivity index (χ0) is 12.7. The first-order valence-electron chi connectivity index (χ1n) is 6.09. The van der Waals surface area contributed by atoms with Crippen molar-refractivity contribution in [3.63, 3.8) is 0 Å². The standard InChI is InChI=1S/C13H20N2O2/c1-3-4-13(17)14-8-5-12-6-9-15(10-7-12)11(2)16/h12H,5-10H2,1-2H3,(H,14,17). The van der Waals surface area contributed by atoms with Crippen molar-refractivity contribution in [1.82, 2.24) is 10.2 Å². The molecule has 0 unspecified atom stereocenters. The molecule has 0 atom stereocenters. The van der Waals surface area contributed by atoms with E-state index in [2.05, 4.69) is 17.2 Å². The van der Waals surface area contributed by atoms with Crippen LogP contribution in [0.4, 0.5) is 0 Å². The lowest BCUT2D eigenvalue weighted by atomic mass is 9.93. The molecular weight excluding hydrogens is 216 g/mol. The second-order valence-electron chi connectivity index (χ2n) is 4.37. The van der Waals surface area contributed by atoms with Crippen molar-refractivity contribution in [2.45, 2.75) is 33.1 Å². The number of carbonyl (C=O) groups excluding carboxylic acids is 2. The quantitative estimate of drug-likeness (QED) is 0.736. The fourth-order valence-electron chi connectivity index (χ4n) is 2.08. The van der Waals surface area contributed by atoms with E-state index in [-0.39, 0.29) is 11.8 Å². The lowest BCUT2D eigenvalue weighted by molar-refractivity contribution is -0.130. The molecule has 1 heterocycles. The van der Waals surface area contributed by atoms with Crippen molar-refractivity contribution in [2.24, 2.45) is 5.92 Å². The molecule has 0 aliphatic carbocycles. The molecule has 1 aliphatic rings. The van der Waals surface area contributed by atoms with E-state index in [4.69, 9.17) is 0 Å². The molecule has 0 aromatic carbocycles. The highest BCUT2D eigenvalue weighted by molar-refractivity contribution is 5.93. The summed E-state index contributed by atoms with van der Waals surface area (Å²) in [4.78, 5) is 24.1. The van der Waals surface area contributed by atoms with E-state index >= 15 is 0 Å². The molecule has 1 saturated heterocycles. The van der Waals surface area contributed by atoms with Crippen molar-refractivity contribution in [3.8, 4) is 11.8 Å². The van der Waals surface area contributed by atoms with E-state index in [9.17, 15) is 9.59 Å². The summed E-state index contributed by atoms with van der Waals surface area (Å²) in [6.07, 6.45) is 3.05. The topological polar surface area (TPSA) is 49.4 Å². The van der Waals surface area contributed by atoms with Gasteiger partial charge in [-0.2, -0.15) is 0 Å². The molecule has 94 valence electrons. The third-order valence-corrected chi connectivity index (χ3v) is 3.14. The average Bonchev–Trinajstić information content (AvgIpc) is 2.30. The van der Waals surface area contributed by atoms with Gasteiger partial charge in [0.05, 0.1) is 0 Å². The van der Waals surface area contributed by atoms with E-state index < -0.39 is 0 Å². The van der Waals surface area contributed by atoms with Crippen LogP contribution in [0.5, 0.6) is 0 Å². The number of likely N-dealkylation sites (tertiary alicyclic amines) is 1.